The van der Waals surface area contributed by atoms with E-state index in [1.54, 1.807) is 18.4 Å². The largest absolute Gasteiger partial charge is 0.496 e. The summed E-state index contributed by atoms with van der Waals surface area (Å²) >= 11 is 1.66. The van der Waals surface area contributed by atoms with Crippen molar-refractivity contribution in [2.24, 2.45) is 0 Å². The van der Waals surface area contributed by atoms with Gasteiger partial charge in [-0.2, -0.15) is 0 Å². The summed E-state index contributed by atoms with van der Waals surface area (Å²) in [4.78, 5) is 24.7. The third-order valence-corrected chi connectivity index (χ3v) is 7.98. The predicted molar refractivity (Wildman–Crippen MR) is 157 cm³/mol. The van der Waals surface area contributed by atoms with Gasteiger partial charge < -0.3 is 19.9 Å². The monoisotopic (exact) mass is 535 g/mol. The number of piperazine rings is 1. The van der Waals surface area contributed by atoms with E-state index >= 15 is 0 Å². The lowest BCUT2D eigenvalue weighted by Crippen LogP contribution is -2.46. The maximum atomic E-state index is 12.9. The molecule has 1 fully saturated rings. The number of nitrogens with one attached hydrogen (secondary N) is 1. The Kier molecular flexibility index (Phi) is 9.77. The molecule has 4 rings (SSSR count). The second-order valence-electron chi connectivity index (χ2n) is 10.3. The first-order valence-electron chi connectivity index (χ1n) is 13.6. The minimum atomic E-state index is 0.112. The van der Waals surface area contributed by atoms with Crippen molar-refractivity contribution in [1.82, 2.24) is 20.1 Å². The van der Waals surface area contributed by atoms with Gasteiger partial charge >= 0.3 is 0 Å². The van der Waals surface area contributed by atoms with Crippen molar-refractivity contribution < 1.29 is 9.53 Å². The highest BCUT2D eigenvalue weighted by atomic mass is 32.1. The Labute approximate surface area is 231 Å². The van der Waals surface area contributed by atoms with Crippen LogP contribution in [0.15, 0.2) is 53.9 Å². The van der Waals surface area contributed by atoms with E-state index < -0.39 is 0 Å². The average Bonchev–Trinajstić information content (AvgIpc) is 3.42. The van der Waals surface area contributed by atoms with E-state index in [1.807, 2.05) is 35.2 Å². The molecule has 1 N–H and O–H groups in total. The minimum absolute atomic E-state index is 0.112. The molecule has 8 heteroatoms. The Morgan fingerprint density at radius 1 is 1.03 bits per heavy atom. The summed E-state index contributed by atoms with van der Waals surface area (Å²) in [5, 5.41) is 6.40. The molecule has 3 aromatic rings. The molecule has 1 aromatic heterocycles. The first-order valence-corrected chi connectivity index (χ1v) is 14.4. The molecule has 0 aliphatic carbocycles. The minimum Gasteiger partial charge on any atom is -0.496 e. The SMILES string of the molecule is COc1ccccc1-c1csc(N(CCN(C(C)C)C(C)C)Cc2ccc(C(=O)N3CCNCC3)cc2)n1. The quantitative estimate of drug-likeness (QED) is 0.373. The van der Waals surface area contributed by atoms with Gasteiger partial charge in [0.2, 0.25) is 0 Å². The lowest BCUT2D eigenvalue weighted by Gasteiger charge is -2.33. The predicted octanol–water partition coefficient (Wildman–Crippen LogP) is 4.99. The molecule has 38 heavy (non-hydrogen) atoms. The number of benzene rings is 2. The van der Waals surface area contributed by atoms with Gasteiger partial charge in [-0.05, 0) is 57.5 Å². The summed E-state index contributed by atoms with van der Waals surface area (Å²) in [5.41, 5.74) is 3.84. The highest BCUT2D eigenvalue weighted by molar-refractivity contribution is 7.14. The number of hydrogen-bond donors (Lipinski definition) is 1. The molecule has 1 aliphatic heterocycles. The van der Waals surface area contributed by atoms with Gasteiger partial charge in [-0.25, -0.2) is 4.98 Å². The summed E-state index contributed by atoms with van der Waals surface area (Å²) < 4.78 is 5.58. The molecule has 0 radical (unpaired) electrons. The number of amides is 1. The van der Waals surface area contributed by atoms with Crippen LogP contribution in [-0.4, -0.2) is 79.2 Å². The van der Waals surface area contributed by atoms with Gasteiger partial charge in [0.15, 0.2) is 5.13 Å². The first kappa shape index (κ1) is 28.1. The zero-order chi connectivity index (χ0) is 27.1. The van der Waals surface area contributed by atoms with Crippen LogP contribution in [0, 0.1) is 0 Å². The van der Waals surface area contributed by atoms with Gasteiger partial charge in [0.05, 0.1) is 12.8 Å². The zero-order valence-corrected chi connectivity index (χ0v) is 24.1. The van der Waals surface area contributed by atoms with Crippen molar-refractivity contribution in [3.8, 4) is 17.0 Å². The van der Waals surface area contributed by atoms with Gasteiger partial charge in [0.25, 0.3) is 5.91 Å². The third-order valence-electron chi connectivity index (χ3n) is 7.08. The summed E-state index contributed by atoms with van der Waals surface area (Å²) in [7, 11) is 1.70. The Hall–Kier alpha value is -2.94. The van der Waals surface area contributed by atoms with Crippen LogP contribution in [0.25, 0.3) is 11.3 Å². The molecule has 1 saturated heterocycles. The molecule has 0 atom stereocenters. The number of aromatic nitrogens is 1. The molecule has 0 unspecified atom stereocenters. The van der Waals surface area contributed by atoms with Crippen molar-refractivity contribution in [3.63, 3.8) is 0 Å². The zero-order valence-electron chi connectivity index (χ0n) is 23.3. The fraction of sp³-hybridized carbons (Fsp3) is 0.467. The van der Waals surface area contributed by atoms with E-state index in [-0.39, 0.29) is 5.91 Å². The fourth-order valence-corrected chi connectivity index (χ4v) is 5.86. The number of para-hydroxylation sites is 1. The smallest absolute Gasteiger partial charge is 0.253 e. The van der Waals surface area contributed by atoms with Crippen molar-refractivity contribution in [2.45, 2.75) is 46.3 Å². The molecule has 204 valence electrons. The van der Waals surface area contributed by atoms with E-state index in [9.17, 15) is 4.79 Å². The highest BCUT2D eigenvalue weighted by Crippen LogP contribution is 2.33. The number of nitrogens with zero attached hydrogens (tertiary/aromatic N) is 4. The summed E-state index contributed by atoms with van der Waals surface area (Å²) in [6.07, 6.45) is 0. The maximum Gasteiger partial charge on any atom is 0.253 e. The topological polar surface area (TPSA) is 60.9 Å². The van der Waals surface area contributed by atoms with Crippen LogP contribution in [0.2, 0.25) is 0 Å². The van der Waals surface area contributed by atoms with Crippen molar-refractivity contribution >= 4 is 22.4 Å². The lowest BCUT2D eigenvalue weighted by molar-refractivity contribution is 0.0736. The van der Waals surface area contributed by atoms with Gasteiger partial charge in [-0.15, -0.1) is 11.3 Å². The fourth-order valence-electron chi connectivity index (χ4n) is 5.00. The van der Waals surface area contributed by atoms with Crippen LogP contribution >= 0.6 is 11.3 Å². The number of anilines is 1. The first-order chi connectivity index (χ1) is 18.4. The second kappa shape index (κ2) is 13.2. The number of rotatable bonds is 11. The number of ether oxygens (including phenoxy) is 1. The molecule has 0 bridgehead atoms. The van der Waals surface area contributed by atoms with Crippen LogP contribution < -0.4 is 15.0 Å². The van der Waals surface area contributed by atoms with Crippen LogP contribution in [0.4, 0.5) is 5.13 Å². The number of carbonyl (C=O) groups is 1. The van der Waals surface area contributed by atoms with Crippen LogP contribution in [0.3, 0.4) is 0 Å². The van der Waals surface area contributed by atoms with E-state index in [2.05, 4.69) is 66.4 Å². The molecule has 0 saturated carbocycles. The van der Waals surface area contributed by atoms with E-state index in [0.29, 0.717) is 12.1 Å². The number of methoxy groups -OCH3 is 1. The van der Waals surface area contributed by atoms with Gasteiger partial charge in [-0.1, -0.05) is 24.3 Å². The molecule has 2 aromatic carbocycles. The molecule has 1 aliphatic rings. The molecule has 0 spiro atoms. The van der Waals surface area contributed by atoms with E-state index in [1.165, 1.54) is 0 Å². The Bertz CT molecular complexity index is 1160. The van der Waals surface area contributed by atoms with Crippen molar-refractivity contribution in [2.75, 3.05) is 51.3 Å². The van der Waals surface area contributed by atoms with Crippen molar-refractivity contribution in [1.29, 1.82) is 0 Å². The van der Waals surface area contributed by atoms with E-state index in [0.717, 1.165) is 79.1 Å². The molecular formula is C30H41N5O2S. The average molecular weight is 536 g/mol. The summed E-state index contributed by atoms with van der Waals surface area (Å²) in [6, 6.07) is 17.0. The van der Waals surface area contributed by atoms with Gasteiger partial charge in [0.1, 0.15) is 5.75 Å². The maximum absolute atomic E-state index is 12.9. The highest BCUT2D eigenvalue weighted by Gasteiger charge is 2.20. The lowest BCUT2D eigenvalue weighted by atomic mass is 10.1. The number of carbonyl (C=O) groups excluding carboxylic acids is 1. The normalized spacial score (nSPS) is 13.9. The Balaban J connectivity index is 1.54. The van der Waals surface area contributed by atoms with Gasteiger partial charge in [-0.3, -0.25) is 9.69 Å². The Morgan fingerprint density at radius 2 is 1.71 bits per heavy atom. The molecule has 2 heterocycles. The standard InChI is InChI=1S/C30H41N5O2S/c1-22(2)35(23(3)4)19-18-34(30-32-27(21-38-30)26-8-6-7-9-28(26)37-5)20-24-10-12-25(13-11-24)29(36)33-16-14-31-15-17-33/h6-13,21-23,31H,14-20H2,1-5H3. The Morgan fingerprint density at radius 3 is 2.37 bits per heavy atom. The molecule has 1 amide bonds. The van der Waals surface area contributed by atoms with Crippen LogP contribution in [-0.2, 0) is 6.54 Å². The summed E-state index contributed by atoms with van der Waals surface area (Å²) in [6.45, 7) is 14.8. The van der Waals surface area contributed by atoms with Gasteiger partial charge in [0, 0.05) is 74.4 Å². The van der Waals surface area contributed by atoms with Crippen LogP contribution in [0.1, 0.15) is 43.6 Å². The second-order valence-corrected chi connectivity index (χ2v) is 11.1. The van der Waals surface area contributed by atoms with Crippen molar-refractivity contribution in [3.05, 3.63) is 65.0 Å². The van der Waals surface area contributed by atoms with E-state index in [4.69, 9.17) is 9.72 Å². The molecular weight excluding hydrogens is 494 g/mol. The number of hydrogen-bond acceptors (Lipinski definition) is 7. The molecule has 7 nitrogen and oxygen atoms in total. The third kappa shape index (κ3) is 6.92. The van der Waals surface area contributed by atoms with Crippen LogP contribution in [0.5, 0.6) is 5.75 Å². The number of thiazole rings is 1. The summed E-state index contributed by atoms with van der Waals surface area (Å²) in [5.74, 6) is 0.937.